The molecule has 0 aliphatic carbocycles. The molecule has 0 N–H and O–H groups in total. The Balaban J connectivity index is 2.01. The van der Waals surface area contributed by atoms with Crippen molar-refractivity contribution in [2.45, 2.75) is 12.4 Å². The molecule has 0 aliphatic rings. The Morgan fingerprint density at radius 3 is 1.43 bits per heavy atom. The Kier molecular flexibility index (Phi) is 5.85. The molecule has 0 atom stereocenters. The maximum Gasteiger partial charge on any atom is 0.462 e. The van der Waals surface area contributed by atoms with E-state index in [1.807, 2.05) is 0 Å². The zero-order valence-corrected chi connectivity index (χ0v) is 15.8. The maximum atomic E-state index is 13.5. The van der Waals surface area contributed by atoms with Crippen LogP contribution in [0.15, 0.2) is 78.9 Å². The molecule has 0 aromatic heterocycles. The van der Waals surface area contributed by atoms with Crippen molar-refractivity contribution in [1.82, 2.24) is 0 Å². The van der Waals surface area contributed by atoms with Gasteiger partial charge in [-0.3, -0.25) is 0 Å². The van der Waals surface area contributed by atoms with Gasteiger partial charge in [0.2, 0.25) is 0 Å². The molecule has 3 aromatic carbocycles. The van der Waals surface area contributed by atoms with Gasteiger partial charge in [0, 0.05) is 0 Å². The summed E-state index contributed by atoms with van der Waals surface area (Å²) in [6, 6.07) is 14.5. The first kappa shape index (κ1) is 21.8. The molecule has 0 saturated heterocycles. The summed E-state index contributed by atoms with van der Waals surface area (Å²) in [4.78, 5) is 0. The molecule has 0 unspecified atom stereocenters. The van der Waals surface area contributed by atoms with Crippen LogP contribution < -0.4 is 14.4 Å². The summed E-state index contributed by atoms with van der Waals surface area (Å²) >= 11 is 0. The Morgan fingerprint density at radius 1 is 0.600 bits per heavy atom. The Labute approximate surface area is 167 Å². The molecule has 0 spiro atoms. The van der Waals surface area contributed by atoms with Gasteiger partial charge in [-0.25, -0.2) is 4.57 Å². The quantitative estimate of drug-likeness (QED) is 0.323. The van der Waals surface area contributed by atoms with E-state index in [4.69, 9.17) is 9.05 Å². The van der Waals surface area contributed by atoms with E-state index >= 15 is 0 Å². The van der Waals surface area contributed by atoms with Gasteiger partial charge in [-0.15, -0.1) is 0 Å². The van der Waals surface area contributed by atoms with Crippen molar-refractivity contribution in [3.8, 4) is 11.5 Å². The van der Waals surface area contributed by atoms with Crippen molar-refractivity contribution in [1.29, 1.82) is 0 Å². The Morgan fingerprint density at radius 2 is 1.03 bits per heavy atom. The SMILES string of the molecule is O=P(Oc1cccc(C(F)(F)F)c1)(Oc1cccc(C(F)(F)F)c1)c1ccccc1. The lowest BCUT2D eigenvalue weighted by molar-refractivity contribution is -0.138. The van der Waals surface area contributed by atoms with E-state index in [9.17, 15) is 30.9 Å². The van der Waals surface area contributed by atoms with Crippen LogP contribution in [0, 0.1) is 0 Å². The highest BCUT2D eigenvalue weighted by Gasteiger charge is 2.35. The third kappa shape index (κ3) is 5.16. The van der Waals surface area contributed by atoms with Crippen LogP contribution in [0.1, 0.15) is 11.1 Å². The minimum absolute atomic E-state index is 0.0418. The summed E-state index contributed by atoms with van der Waals surface area (Å²) in [5.74, 6) is -0.826. The lowest BCUT2D eigenvalue weighted by Gasteiger charge is -2.21. The van der Waals surface area contributed by atoms with Crippen LogP contribution in [0.4, 0.5) is 26.3 Å². The van der Waals surface area contributed by atoms with Crippen LogP contribution >= 0.6 is 7.60 Å². The first-order valence-corrected chi connectivity index (χ1v) is 9.91. The van der Waals surface area contributed by atoms with Crippen LogP contribution in [0.2, 0.25) is 0 Å². The van der Waals surface area contributed by atoms with Crippen molar-refractivity contribution < 1.29 is 40.0 Å². The molecule has 0 amide bonds. The van der Waals surface area contributed by atoms with Crippen LogP contribution in [-0.4, -0.2) is 0 Å². The molecule has 0 radical (unpaired) electrons. The van der Waals surface area contributed by atoms with Crippen LogP contribution in [0.5, 0.6) is 11.5 Å². The summed E-state index contributed by atoms with van der Waals surface area (Å²) in [5, 5.41) is -0.0418. The largest absolute Gasteiger partial charge is 0.462 e. The highest BCUT2D eigenvalue weighted by molar-refractivity contribution is 7.63. The second kappa shape index (κ2) is 8.07. The zero-order chi connectivity index (χ0) is 22.0. The fourth-order valence-electron chi connectivity index (χ4n) is 2.47. The van der Waals surface area contributed by atoms with Crippen molar-refractivity contribution >= 4 is 12.9 Å². The van der Waals surface area contributed by atoms with Gasteiger partial charge < -0.3 is 9.05 Å². The second-order valence-corrected chi connectivity index (χ2v) is 7.94. The standard InChI is InChI=1S/C20H13F6O3P/c21-19(22,23)14-6-4-8-16(12-14)28-30(27,18-10-2-1-3-11-18)29-17-9-5-7-15(13-17)20(24,25)26/h1-13H. The molecule has 10 heteroatoms. The van der Waals surface area contributed by atoms with Gasteiger partial charge in [0.1, 0.15) is 11.5 Å². The summed E-state index contributed by atoms with van der Waals surface area (Å²) in [6.45, 7) is 0. The third-order valence-corrected chi connectivity index (χ3v) is 5.68. The molecule has 0 aliphatic heterocycles. The third-order valence-electron chi connectivity index (χ3n) is 3.85. The summed E-state index contributed by atoms with van der Waals surface area (Å²) in [5.41, 5.74) is -2.09. The van der Waals surface area contributed by atoms with Crippen molar-refractivity contribution in [3.63, 3.8) is 0 Å². The number of alkyl halides is 6. The molecule has 0 bridgehead atoms. The molecule has 0 saturated carbocycles. The fourth-order valence-corrected chi connectivity index (χ4v) is 4.04. The van der Waals surface area contributed by atoms with E-state index in [-0.39, 0.29) is 5.30 Å². The summed E-state index contributed by atoms with van der Waals surface area (Å²) in [7, 11) is -4.39. The minimum Gasteiger partial charge on any atom is -0.413 e. The first-order chi connectivity index (χ1) is 14.0. The van der Waals surface area contributed by atoms with Crippen molar-refractivity contribution in [2.24, 2.45) is 0 Å². The van der Waals surface area contributed by atoms with Crippen LogP contribution in [0.25, 0.3) is 0 Å². The normalized spacial score (nSPS) is 12.5. The highest BCUT2D eigenvalue weighted by atomic mass is 31.2. The monoisotopic (exact) mass is 446 g/mol. The zero-order valence-electron chi connectivity index (χ0n) is 14.9. The van der Waals surface area contributed by atoms with E-state index < -0.39 is 42.6 Å². The van der Waals surface area contributed by atoms with Gasteiger partial charge in [0.15, 0.2) is 0 Å². The average Bonchev–Trinajstić information content (AvgIpc) is 2.68. The van der Waals surface area contributed by atoms with Gasteiger partial charge in [-0.1, -0.05) is 30.3 Å². The fraction of sp³-hybridized carbons (Fsp3) is 0.100. The lowest BCUT2D eigenvalue weighted by Crippen LogP contribution is -2.15. The highest BCUT2D eigenvalue weighted by Crippen LogP contribution is 2.48. The van der Waals surface area contributed by atoms with Gasteiger partial charge in [-0.05, 0) is 48.5 Å². The molecule has 3 aromatic rings. The average molecular weight is 446 g/mol. The van der Waals surface area contributed by atoms with Crippen LogP contribution in [0.3, 0.4) is 0 Å². The molecule has 0 heterocycles. The first-order valence-electron chi connectivity index (χ1n) is 8.37. The van der Waals surface area contributed by atoms with E-state index in [1.165, 1.54) is 24.3 Å². The van der Waals surface area contributed by atoms with Gasteiger partial charge in [-0.2, -0.15) is 26.3 Å². The summed E-state index contributed by atoms with van der Waals surface area (Å²) in [6.07, 6.45) is -9.34. The number of hydrogen-bond donors (Lipinski definition) is 0. The van der Waals surface area contributed by atoms with Crippen molar-refractivity contribution in [3.05, 3.63) is 90.0 Å². The molecule has 3 rings (SSSR count). The van der Waals surface area contributed by atoms with E-state index in [0.717, 1.165) is 36.4 Å². The lowest BCUT2D eigenvalue weighted by atomic mass is 10.2. The molecule has 158 valence electrons. The van der Waals surface area contributed by atoms with Gasteiger partial charge >= 0.3 is 19.9 Å². The van der Waals surface area contributed by atoms with Gasteiger partial charge in [0.25, 0.3) is 0 Å². The number of rotatable bonds is 5. The molecule has 3 nitrogen and oxygen atoms in total. The maximum absolute atomic E-state index is 13.5. The smallest absolute Gasteiger partial charge is 0.413 e. The number of hydrogen-bond acceptors (Lipinski definition) is 3. The molecular formula is C20H13F6O3P. The molecular weight excluding hydrogens is 433 g/mol. The van der Waals surface area contributed by atoms with Crippen molar-refractivity contribution in [2.75, 3.05) is 0 Å². The number of halogens is 6. The Hall–Kier alpha value is -2.93. The molecule has 0 fully saturated rings. The molecule has 30 heavy (non-hydrogen) atoms. The predicted molar refractivity (Wildman–Crippen MR) is 97.8 cm³/mol. The summed E-state index contributed by atoms with van der Waals surface area (Å²) < 4.78 is 102. The Bertz CT molecular complexity index is 1000. The number of benzene rings is 3. The topological polar surface area (TPSA) is 35.5 Å². The second-order valence-electron chi connectivity index (χ2n) is 6.07. The minimum atomic E-state index is -4.67. The van der Waals surface area contributed by atoms with E-state index in [1.54, 1.807) is 6.07 Å². The van der Waals surface area contributed by atoms with Gasteiger partial charge in [0.05, 0.1) is 16.4 Å². The van der Waals surface area contributed by atoms with Crippen LogP contribution in [-0.2, 0) is 16.9 Å². The van der Waals surface area contributed by atoms with E-state index in [2.05, 4.69) is 0 Å². The van der Waals surface area contributed by atoms with E-state index in [0.29, 0.717) is 12.1 Å². The predicted octanol–water partition coefficient (Wildman–Crippen LogP) is 6.70.